The fraction of sp³-hybridized carbons (Fsp3) is 0.176. The Kier molecular flexibility index (Phi) is 3.20. The third-order valence-electron chi connectivity index (χ3n) is 3.70. The summed E-state index contributed by atoms with van der Waals surface area (Å²) >= 11 is 1.52. The fourth-order valence-corrected chi connectivity index (χ4v) is 3.35. The summed E-state index contributed by atoms with van der Waals surface area (Å²) in [6.07, 6.45) is 0. The Hall–Kier alpha value is -2.60. The smallest absolute Gasteiger partial charge is 0.302 e. The van der Waals surface area contributed by atoms with Crippen molar-refractivity contribution in [3.05, 3.63) is 42.0 Å². The molecule has 2 aromatic carbocycles. The molecule has 0 aliphatic heterocycles. The highest BCUT2D eigenvalue weighted by Gasteiger charge is 2.11. The minimum absolute atomic E-state index is 0.452. The first-order valence-corrected chi connectivity index (χ1v) is 8.24. The van der Waals surface area contributed by atoms with Gasteiger partial charge in [-0.25, -0.2) is 4.98 Å². The Morgan fingerprint density at radius 2 is 1.96 bits per heavy atom. The van der Waals surface area contributed by atoms with Crippen LogP contribution in [-0.4, -0.2) is 9.97 Å². The molecule has 3 N–H and O–H groups in total. The number of nitrogens with two attached hydrogens (primary N) is 1. The van der Waals surface area contributed by atoms with Crippen LogP contribution in [0.3, 0.4) is 0 Å². The highest BCUT2D eigenvalue weighted by molar-refractivity contribution is 7.22. The topological polar surface area (TPSA) is 77.0 Å². The first kappa shape index (κ1) is 14.0. The lowest BCUT2D eigenvalue weighted by Crippen LogP contribution is -1.88. The van der Waals surface area contributed by atoms with Crippen LogP contribution in [0.2, 0.25) is 0 Å². The summed E-state index contributed by atoms with van der Waals surface area (Å²) in [6, 6.07) is 12.2. The van der Waals surface area contributed by atoms with Gasteiger partial charge in [0.05, 0.1) is 10.2 Å². The summed E-state index contributed by atoms with van der Waals surface area (Å²) in [4.78, 5) is 9.02. The summed E-state index contributed by atoms with van der Waals surface area (Å²) in [5.41, 5.74) is 10.3. The average Bonchev–Trinajstić information content (AvgIpc) is 3.08. The monoisotopic (exact) mass is 324 g/mol. The van der Waals surface area contributed by atoms with E-state index < -0.39 is 0 Å². The van der Waals surface area contributed by atoms with Gasteiger partial charge in [0.2, 0.25) is 0 Å². The number of hydrogen-bond acceptors (Lipinski definition) is 6. The molecule has 4 rings (SSSR count). The van der Waals surface area contributed by atoms with E-state index in [-0.39, 0.29) is 0 Å². The van der Waals surface area contributed by atoms with Crippen molar-refractivity contribution in [2.45, 2.75) is 19.8 Å². The van der Waals surface area contributed by atoms with E-state index in [2.05, 4.69) is 41.3 Å². The molecule has 0 saturated heterocycles. The Morgan fingerprint density at radius 3 is 2.78 bits per heavy atom. The molecule has 23 heavy (non-hydrogen) atoms. The molecular formula is C17H16N4OS. The molecule has 0 bridgehead atoms. The molecule has 2 heterocycles. The van der Waals surface area contributed by atoms with Crippen LogP contribution in [0.25, 0.3) is 21.3 Å². The van der Waals surface area contributed by atoms with Gasteiger partial charge in [-0.3, -0.25) is 5.32 Å². The van der Waals surface area contributed by atoms with Crippen LogP contribution >= 0.6 is 11.3 Å². The number of nitrogens with zero attached hydrogens (tertiary/aromatic N) is 2. The van der Waals surface area contributed by atoms with Crippen LogP contribution in [0, 0.1) is 0 Å². The van der Waals surface area contributed by atoms with Crippen molar-refractivity contribution < 1.29 is 4.42 Å². The van der Waals surface area contributed by atoms with E-state index in [1.54, 1.807) is 0 Å². The standard InChI is InChI=1S/C17H16N4OS/c1-9(2)10-3-6-14-13(7-10)19-16(22-14)21-17-20-12-5-4-11(18)8-15(12)23-17/h3-9H,18H2,1-2H3,(H,19,20,21). The number of nitrogens with one attached hydrogen (secondary N) is 1. The molecule has 116 valence electrons. The Labute approximate surface area is 137 Å². The van der Waals surface area contributed by atoms with Gasteiger partial charge in [0, 0.05) is 5.69 Å². The van der Waals surface area contributed by atoms with Crippen LogP contribution in [-0.2, 0) is 0 Å². The molecule has 0 spiro atoms. The molecule has 5 nitrogen and oxygen atoms in total. The van der Waals surface area contributed by atoms with Crippen LogP contribution in [0.1, 0.15) is 25.3 Å². The van der Waals surface area contributed by atoms with Crippen molar-refractivity contribution in [2.24, 2.45) is 0 Å². The molecule has 0 radical (unpaired) electrons. The molecule has 0 amide bonds. The molecule has 6 heteroatoms. The van der Waals surface area contributed by atoms with E-state index in [0.717, 1.165) is 32.1 Å². The normalized spacial score (nSPS) is 11.6. The molecule has 0 aliphatic rings. The fourth-order valence-electron chi connectivity index (χ4n) is 2.44. The highest BCUT2D eigenvalue weighted by atomic mass is 32.1. The summed E-state index contributed by atoms with van der Waals surface area (Å²) < 4.78 is 6.78. The van der Waals surface area contributed by atoms with E-state index in [0.29, 0.717) is 11.9 Å². The second kappa shape index (κ2) is 5.24. The summed E-state index contributed by atoms with van der Waals surface area (Å²) in [6.45, 7) is 4.32. The van der Waals surface area contributed by atoms with E-state index in [1.165, 1.54) is 16.9 Å². The van der Waals surface area contributed by atoms with Gasteiger partial charge in [0.25, 0.3) is 0 Å². The molecule has 0 aliphatic carbocycles. The van der Waals surface area contributed by atoms with Crippen LogP contribution in [0.4, 0.5) is 16.8 Å². The van der Waals surface area contributed by atoms with E-state index in [4.69, 9.17) is 10.2 Å². The van der Waals surface area contributed by atoms with Gasteiger partial charge in [0.15, 0.2) is 10.7 Å². The number of hydrogen-bond donors (Lipinski definition) is 2. The molecule has 0 unspecified atom stereocenters. The lowest BCUT2D eigenvalue weighted by molar-refractivity contribution is 0.623. The minimum atomic E-state index is 0.452. The summed E-state index contributed by atoms with van der Waals surface area (Å²) in [5.74, 6) is 0.460. The van der Waals surface area contributed by atoms with Gasteiger partial charge >= 0.3 is 6.01 Å². The number of rotatable bonds is 3. The largest absolute Gasteiger partial charge is 0.423 e. The molecule has 2 aromatic heterocycles. The quantitative estimate of drug-likeness (QED) is 0.525. The van der Waals surface area contributed by atoms with Crippen molar-refractivity contribution in [3.8, 4) is 0 Å². The average molecular weight is 324 g/mol. The maximum atomic E-state index is 5.80. The lowest BCUT2D eigenvalue weighted by atomic mass is 10.0. The number of benzene rings is 2. The zero-order valence-corrected chi connectivity index (χ0v) is 13.6. The van der Waals surface area contributed by atoms with Crippen molar-refractivity contribution >= 4 is 49.5 Å². The van der Waals surface area contributed by atoms with Gasteiger partial charge in [0.1, 0.15) is 5.52 Å². The first-order chi connectivity index (χ1) is 11.1. The second-order valence-electron chi connectivity index (χ2n) is 5.77. The summed E-state index contributed by atoms with van der Waals surface area (Å²) in [5, 5.41) is 3.88. The van der Waals surface area contributed by atoms with Crippen LogP contribution in [0.15, 0.2) is 40.8 Å². The van der Waals surface area contributed by atoms with E-state index >= 15 is 0 Å². The number of aromatic nitrogens is 2. The van der Waals surface area contributed by atoms with E-state index in [9.17, 15) is 0 Å². The molecule has 0 atom stereocenters. The van der Waals surface area contributed by atoms with Gasteiger partial charge < -0.3 is 10.2 Å². The third kappa shape index (κ3) is 2.61. The zero-order valence-electron chi connectivity index (χ0n) is 12.8. The number of anilines is 3. The number of fused-ring (bicyclic) bond motifs is 2. The van der Waals surface area contributed by atoms with Gasteiger partial charge in [-0.05, 0) is 41.8 Å². The maximum absolute atomic E-state index is 5.80. The van der Waals surface area contributed by atoms with Crippen LogP contribution in [0.5, 0.6) is 0 Å². The predicted octanol–water partition coefficient (Wildman–Crippen LogP) is 4.89. The van der Waals surface area contributed by atoms with Gasteiger partial charge in [-0.2, -0.15) is 4.98 Å². The van der Waals surface area contributed by atoms with Crippen molar-refractivity contribution in [1.29, 1.82) is 0 Å². The highest BCUT2D eigenvalue weighted by Crippen LogP contribution is 2.31. The second-order valence-corrected chi connectivity index (χ2v) is 6.80. The Balaban J connectivity index is 1.68. The molecule has 0 saturated carbocycles. The van der Waals surface area contributed by atoms with Crippen molar-refractivity contribution in [1.82, 2.24) is 9.97 Å². The third-order valence-corrected chi connectivity index (χ3v) is 4.64. The molecule has 0 fully saturated rings. The minimum Gasteiger partial charge on any atom is -0.423 e. The molecule has 4 aromatic rings. The predicted molar refractivity (Wildman–Crippen MR) is 95.4 cm³/mol. The van der Waals surface area contributed by atoms with Crippen LogP contribution < -0.4 is 11.1 Å². The first-order valence-electron chi connectivity index (χ1n) is 7.42. The van der Waals surface area contributed by atoms with Crippen molar-refractivity contribution in [2.75, 3.05) is 11.1 Å². The Bertz CT molecular complexity index is 1000. The molecular weight excluding hydrogens is 308 g/mol. The van der Waals surface area contributed by atoms with Crippen molar-refractivity contribution in [3.63, 3.8) is 0 Å². The van der Waals surface area contributed by atoms with Gasteiger partial charge in [-0.15, -0.1) is 0 Å². The number of oxazole rings is 1. The summed E-state index contributed by atoms with van der Waals surface area (Å²) in [7, 11) is 0. The zero-order chi connectivity index (χ0) is 16.0. The number of nitrogen functional groups attached to an aromatic ring is 1. The maximum Gasteiger partial charge on any atom is 0.302 e. The Morgan fingerprint density at radius 1 is 1.09 bits per heavy atom. The lowest BCUT2D eigenvalue weighted by Gasteiger charge is -2.02. The number of thiazole rings is 1. The SMILES string of the molecule is CC(C)c1ccc2oc(Nc3nc4ccc(N)cc4s3)nc2c1. The van der Waals surface area contributed by atoms with E-state index in [1.807, 2.05) is 24.3 Å². The van der Waals surface area contributed by atoms with Gasteiger partial charge in [-0.1, -0.05) is 31.3 Å².